The lowest BCUT2D eigenvalue weighted by molar-refractivity contribution is -0.118. The third-order valence-corrected chi connectivity index (χ3v) is 3.81. The summed E-state index contributed by atoms with van der Waals surface area (Å²) in [6.07, 6.45) is 4.51. The number of hydrogen-bond donors (Lipinski definition) is 2. The third kappa shape index (κ3) is 4.66. The zero-order valence-corrected chi connectivity index (χ0v) is 14.6. The van der Waals surface area contributed by atoms with Gasteiger partial charge in [0, 0.05) is 18.5 Å². The Kier molecular flexibility index (Phi) is 5.73. The first-order valence-electron chi connectivity index (χ1n) is 8.24. The van der Waals surface area contributed by atoms with Crippen LogP contribution < -0.4 is 15.4 Å². The van der Waals surface area contributed by atoms with Gasteiger partial charge in [0.05, 0.1) is 24.6 Å². The van der Waals surface area contributed by atoms with Crippen molar-refractivity contribution < 1.29 is 14.3 Å². The van der Waals surface area contributed by atoms with Crippen molar-refractivity contribution in [2.45, 2.75) is 6.04 Å². The molecule has 2 aromatic heterocycles. The molecule has 0 radical (unpaired) electrons. The molecule has 0 saturated carbocycles. The number of rotatable bonds is 6. The lowest BCUT2D eigenvalue weighted by Crippen LogP contribution is -2.37. The summed E-state index contributed by atoms with van der Waals surface area (Å²) >= 11 is 0. The van der Waals surface area contributed by atoms with Crippen molar-refractivity contribution in [3.63, 3.8) is 0 Å². The van der Waals surface area contributed by atoms with Gasteiger partial charge in [-0.25, -0.2) is 4.98 Å². The molecule has 1 atom stereocenters. The molecule has 2 N–H and O–H groups in total. The van der Waals surface area contributed by atoms with Gasteiger partial charge >= 0.3 is 0 Å². The second-order valence-electron chi connectivity index (χ2n) is 5.64. The number of carbonyl (C=O) groups excluding carboxylic acids is 2. The van der Waals surface area contributed by atoms with Crippen molar-refractivity contribution in [1.29, 1.82) is 0 Å². The SMILES string of the molecule is COc1ccc(NC(=O)C(NC(=O)c2cccnc2)c2ccccc2)cn1. The zero-order chi connectivity index (χ0) is 19.1. The molecular weight excluding hydrogens is 344 g/mol. The van der Waals surface area contributed by atoms with Gasteiger partial charge in [-0.05, 0) is 23.8 Å². The first-order chi connectivity index (χ1) is 13.2. The van der Waals surface area contributed by atoms with E-state index in [-0.39, 0.29) is 11.8 Å². The number of hydrogen-bond acceptors (Lipinski definition) is 5. The Bertz CT molecular complexity index is 900. The number of ether oxygens (including phenoxy) is 1. The van der Waals surface area contributed by atoms with Crippen LogP contribution in [-0.4, -0.2) is 28.9 Å². The largest absolute Gasteiger partial charge is 0.481 e. The summed E-state index contributed by atoms with van der Waals surface area (Å²) in [6, 6.07) is 14.7. The van der Waals surface area contributed by atoms with Gasteiger partial charge in [-0.2, -0.15) is 0 Å². The van der Waals surface area contributed by atoms with Crippen LogP contribution in [0.3, 0.4) is 0 Å². The minimum Gasteiger partial charge on any atom is -0.481 e. The predicted molar refractivity (Wildman–Crippen MR) is 100 cm³/mol. The Morgan fingerprint density at radius 1 is 1.00 bits per heavy atom. The first-order valence-corrected chi connectivity index (χ1v) is 8.24. The van der Waals surface area contributed by atoms with E-state index in [4.69, 9.17) is 4.74 Å². The molecule has 27 heavy (non-hydrogen) atoms. The van der Waals surface area contributed by atoms with Crippen LogP contribution in [-0.2, 0) is 4.79 Å². The van der Waals surface area contributed by atoms with Crippen LogP contribution in [0.25, 0.3) is 0 Å². The summed E-state index contributed by atoms with van der Waals surface area (Å²) in [5.74, 6) is -0.331. The topological polar surface area (TPSA) is 93.2 Å². The Morgan fingerprint density at radius 2 is 1.81 bits per heavy atom. The average molecular weight is 362 g/mol. The summed E-state index contributed by atoms with van der Waals surface area (Å²) in [7, 11) is 1.51. The van der Waals surface area contributed by atoms with E-state index in [1.165, 1.54) is 19.5 Å². The average Bonchev–Trinajstić information content (AvgIpc) is 2.73. The number of carbonyl (C=O) groups is 2. The number of methoxy groups -OCH3 is 1. The molecule has 3 aromatic rings. The molecule has 0 saturated heterocycles. The molecule has 2 heterocycles. The highest BCUT2D eigenvalue weighted by Gasteiger charge is 2.23. The number of anilines is 1. The van der Waals surface area contributed by atoms with Crippen LogP contribution in [0.1, 0.15) is 22.0 Å². The maximum atomic E-state index is 12.8. The smallest absolute Gasteiger partial charge is 0.253 e. The van der Waals surface area contributed by atoms with Crippen molar-refractivity contribution in [1.82, 2.24) is 15.3 Å². The summed E-state index contributed by atoms with van der Waals surface area (Å²) in [4.78, 5) is 33.3. The molecule has 0 spiro atoms. The second-order valence-corrected chi connectivity index (χ2v) is 5.64. The molecule has 2 amide bonds. The van der Waals surface area contributed by atoms with Crippen molar-refractivity contribution in [2.75, 3.05) is 12.4 Å². The molecule has 0 aliphatic carbocycles. The highest BCUT2D eigenvalue weighted by molar-refractivity contribution is 6.01. The summed E-state index contributed by atoms with van der Waals surface area (Å²) < 4.78 is 5.01. The van der Waals surface area contributed by atoms with E-state index < -0.39 is 6.04 Å². The van der Waals surface area contributed by atoms with Crippen LogP contribution in [0.15, 0.2) is 73.2 Å². The van der Waals surface area contributed by atoms with Crippen LogP contribution in [0, 0.1) is 0 Å². The molecular formula is C20H18N4O3. The quantitative estimate of drug-likeness (QED) is 0.703. The van der Waals surface area contributed by atoms with Gasteiger partial charge in [0.2, 0.25) is 5.88 Å². The van der Waals surface area contributed by atoms with Gasteiger partial charge in [-0.3, -0.25) is 14.6 Å². The van der Waals surface area contributed by atoms with E-state index >= 15 is 0 Å². The van der Waals surface area contributed by atoms with E-state index in [0.29, 0.717) is 22.7 Å². The second kappa shape index (κ2) is 8.57. The van der Waals surface area contributed by atoms with E-state index in [1.807, 2.05) is 6.07 Å². The van der Waals surface area contributed by atoms with E-state index in [1.54, 1.807) is 54.7 Å². The zero-order valence-electron chi connectivity index (χ0n) is 14.6. The number of benzene rings is 1. The predicted octanol–water partition coefficient (Wildman–Crippen LogP) is 2.60. The molecule has 1 aromatic carbocycles. The van der Waals surface area contributed by atoms with Crippen LogP contribution in [0.5, 0.6) is 5.88 Å². The highest BCUT2D eigenvalue weighted by atomic mass is 16.5. The van der Waals surface area contributed by atoms with E-state index in [9.17, 15) is 9.59 Å². The van der Waals surface area contributed by atoms with Crippen molar-refractivity contribution in [2.24, 2.45) is 0 Å². The van der Waals surface area contributed by atoms with Crippen molar-refractivity contribution in [3.8, 4) is 5.88 Å². The molecule has 1 unspecified atom stereocenters. The van der Waals surface area contributed by atoms with Crippen molar-refractivity contribution >= 4 is 17.5 Å². The van der Waals surface area contributed by atoms with Gasteiger partial charge < -0.3 is 15.4 Å². The molecule has 7 nitrogen and oxygen atoms in total. The maximum absolute atomic E-state index is 12.8. The fourth-order valence-electron chi connectivity index (χ4n) is 2.45. The Hall–Kier alpha value is -3.74. The molecule has 3 rings (SSSR count). The Labute approximate surface area is 156 Å². The Morgan fingerprint density at radius 3 is 2.44 bits per heavy atom. The standard InChI is InChI=1S/C20H18N4O3/c1-27-17-10-9-16(13-22-17)23-20(26)18(14-6-3-2-4-7-14)24-19(25)15-8-5-11-21-12-15/h2-13,18H,1H3,(H,23,26)(H,24,25). The number of nitrogens with zero attached hydrogens (tertiary/aromatic N) is 2. The van der Waals surface area contributed by atoms with Crippen LogP contribution >= 0.6 is 0 Å². The summed E-state index contributed by atoms with van der Waals surface area (Å²) in [5.41, 5.74) is 1.53. The minimum atomic E-state index is -0.874. The van der Waals surface area contributed by atoms with Crippen LogP contribution in [0.2, 0.25) is 0 Å². The van der Waals surface area contributed by atoms with E-state index in [0.717, 1.165) is 0 Å². The Balaban J connectivity index is 1.81. The minimum absolute atomic E-state index is 0.373. The molecule has 0 aliphatic heterocycles. The maximum Gasteiger partial charge on any atom is 0.253 e. The number of nitrogens with one attached hydrogen (secondary N) is 2. The number of pyridine rings is 2. The lowest BCUT2D eigenvalue weighted by atomic mass is 10.1. The highest BCUT2D eigenvalue weighted by Crippen LogP contribution is 2.18. The first kappa shape index (κ1) is 18.1. The monoisotopic (exact) mass is 362 g/mol. The van der Waals surface area contributed by atoms with Crippen LogP contribution in [0.4, 0.5) is 5.69 Å². The number of amides is 2. The van der Waals surface area contributed by atoms with Gasteiger partial charge in [-0.15, -0.1) is 0 Å². The third-order valence-electron chi connectivity index (χ3n) is 3.81. The van der Waals surface area contributed by atoms with Gasteiger partial charge in [0.1, 0.15) is 6.04 Å². The van der Waals surface area contributed by atoms with Gasteiger partial charge in [-0.1, -0.05) is 30.3 Å². The molecule has 0 fully saturated rings. The normalized spacial score (nSPS) is 11.3. The van der Waals surface area contributed by atoms with E-state index in [2.05, 4.69) is 20.6 Å². The number of aromatic nitrogens is 2. The molecule has 136 valence electrons. The summed E-state index contributed by atoms with van der Waals surface area (Å²) in [6.45, 7) is 0. The summed E-state index contributed by atoms with van der Waals surface area (Å²) in [5, 5.41) is 5.52. The fourth-order valence-corrected chi connectivity index (χ4v) is 2.45. The molecule has 7 heteroatoms. The fraction of sp³-hybridized carbons (Fsp3) is 0.100. The molecule has 0 bridgehead atoms. The van der Waals surface area contributed by atoms with Crippen molar-refractivity contribution in [3.05, 3.63) is 84.3 Å². The van der Waals surface area contributed by atoms with Gasteiger partial charge in [0.15, 0.2) is 0 Å². The lowest BCUT2D eigenvalue weighted by Gasteiger charge is -2.19. The van der Waals surface area contributed by atoms with Gasteiger partial charge in [0.25, 0.3) is 11.8 Å². The molecule has 0 aliphatic rings.